The second-order valence-electron chi connectivity index (χ2n) is 7.38. The predicted molar refractivity (Wildman–Crippen MR) is 126 cm³/mol. The fourth-order valence-electron chi connectivity index (χ4n) is 4.08. The summed E-state index contributed by atoms with van der Waals surface area (Å²) in [5, 5.41) is 6.78. The number of carbonyl (C=O) groups is 1. The van der Waals surface area contributed by atoms with E-state index in [-0.39, 0.29) is 30.7 Å². The number of ether oxygens (including phenoxy) is 1. The number of anilines is 2. The van der Waals surface area contributed by atoms with Gasteiger partial charge in [0.25, 0.3) is 5.91 Å². The number of piperazine rings is 1. The first-order valence-corrected chi connectivity index (χ1v) is 9.99. The molecule has 0 aliphatic carbocycles. The van der Waals surface area contributed by atoms with Crippen LogP contribution in [0, 0.1) is 0 Å². The van der Waals surface area contributed by atoms with Gasteiger partial charge in [0.15, 0.2) is 0 Å². The number of benzene rings is 2. The van der Waals surface area contributed by atoms with Crippen LogP contribution in [0.3, 0.4) is 0 Å². The van der Waals surface area contributed by atoms with Gasteiger partial charge >= 0.3 is 0 Å². The molecule has 0 saturated carbocycles. The summed E-state index contributed by atoms with van der Waals surface area (Å²) in [6.45, 7) is 5.85. The molecule has 2 heterocycles. The Kier molecular flexibility index (Phi) is 9.24. The summed E-state index contributed by atoms with van der Waals surface area (Å²) in [6.07, 6.45) is 1.05. The van der Waals surface area contributed by atoms with E-state index >= 15 is 0 Å². The number of methoxy groups -OCH3 is 1. The van der Waals surface area contributed by atoms with E-state index in [4.69, 9.17) is 4.74 Å². The van der Waals surface area contributed by atoms with Crippen molar-refractivity contribution in [2.75, 3.05) is 51.7 Å². The van der Waals surface area contributed by atoms with E-state index in [0.29, 0.717) is 11.6 Å². The number of likely N-dealkylation sites (tertiary alicyclic amines) is 1. The van der Waals surface area contributed by atoms with Crippen molar-refractivity contribution in [3.8, 4) is 5.75 Å². The van der Waals surface area contributed by atoms with Crippen LogP contribution in [0.4, 0.5) is 11.4 Å². The number of hydrogen-bond donors (Lipinski definition) is 2. The lowest BCUT2D eigenvalue weighted by atomic mass is 10.1. The first-order valence-electron chi connectivity index (χ1n) is 9.99. The van der Waals surface area contributed by atoms with E-state index in [0.717, 1.165) is 62.8 Å². The molecule has 2 saturated heterocycles. The third-order valence-electron chi connectivity index (χ3n) is 5.62. The molecule has 2 N–H and O–H groups in total. The molecule has 164 valence electrons. The minimum absolute atomic E-state index is 0. The van der Waals surface area contributed by atoms with Gasteiger partial charge in [-0.05, 0) is 30.7 Å². The highest BCUT2D eigenvalue weighted by Gasteiger charge is 2.32. The molecule has 4 rings (SSSR count). The average molecular weight is 453 g/mol. The standard InChI is InChI=1S/C22H28N4O2.2ClH/c1-28-19-6-4-5-17(15-19)24-21-8-3-2-7-20(21)22(27)26-12-9-18(16-26)25-13-10-23-11-14-25;;/h2-8,15,18,23-24H,9-14,16H2,1H3;2*1H. The van der Waals surface area contributed by atoms with Gasteiger partial charge in [-0.1, -0.05) is 18.2 Å². The maximum atomic E-state index is 13.2. The third kappa shape index (κ3) is 5.58. The van der Waals surface area contributed by atoms with Gasteiger partial charge in [0.2, 0.25) is 0 Å². The summed E-state index contributed by atoms with van der Waals surface area (Å²) in [5.41, 5.74) is 2.44. The van der Waals surface area contributed by atoms with E-state index in [1.54, 1.807) is 7.11 Å². The fraction of sp³-hybridized carbons (Fsp3) is 0.409. The highest BCUT2D eigenvalue weighted by atomic mass is 35.5. The van der Waals surface area contributed by atoms with E-state index < -0.39 is 0 Å². The average Bonchev–Trinajstić information content (AvgIpc) is 3.25. The second-order valence-corrected chi connectivity index (χ2v) is 7.38. The van der Waals surface area contributed by atoms with E-state index in [1.807, 2.05) is 53.4 Å². The smallest absolute Gasteiger partial charge is 0.256 e. The quantitative estimate of drug-likeness (QED) is 0.727. The molecule has 2 aliphatic heterocycles. The summed E-state index contributed by atoms with van der Waals surface area (Å²) in [6, 6.07) is 16.0. The van der Waals surface area contributed by atoms with Crippen LogP contribution >= 0.6 is 24.8 Å². The number of para-hydroxylation sites is 1. The fourth-order valence-corrected chi connectivity index (χ4v) is 4.08. The number of hydrogen-bond acceptors (Lipinski definition) is 5. The molecular weight excluding hydrogens is 423 g/mol. The molecule has 0 bridgehead atoms. The summed E-state index contributed by atoms with van der Waals surface area (Å²) in [7, 11) is 1.65. The molecule has 0 radical (unpaired) electrons. The van der Waals surface area contributed by atoms with Crippen molar-refractivity contribution in [2.24, 2.45) is 0 Å². The van der Waals surface area contributed by atoms with Gasteiger partial charge in [-0.2, -0.15) is 0 Å². The van der Waals surface area contributed by atoms with Gasteiger partial charge < -0.3 is 20.3 Å². The highest BCUT2D eigenvalue weighted by Crippen LogP contribution is 2.26. The zero-order chi connectivity index (χ0) is 19.3. The van der Waals surface area contributed by atoms with Gasteiger partial charge in [0.1, 0.15) is 5.75 Å². The van der Waals surface area contributed by atoms with Crippen LogP contribution in [0.2, 0.25) is 0 Å². The number of nitrogens with zero attached hydrogens (tertiary/aromatic N) is 2. The van der Waals surface area contributed by atoms with Crippen molar-refractivity contribution in [1.82, 2.24) is 15.1 Å². The first kappa shape index (κ1) is 24.3. The lowest BCUT2D eigenvalue weighted by Crippen LogP contribution is -2.49. The van der Waals surface area contributed by atoms with Gasteiger partial charge in [-0.15, -0.1) is 24.8 Å². The molecule has 2 aromatic rings. The zero-order valence-electron chi connectivity index (χ0n) is 17.2. The van der Waals surface area contributed by atoms with E-state index in [1.165, 1.54) is 0 Å². The minimum atomic E-state index is 0. The molecule has 1 unspecified atom stereocenters. The summed E-state index contributed by atoms with van der Waals surface area (Å²) >= 11 is 0. The van der Waals surface area contributed by atoms with Gasteiger partial charge in [-0.3, -0.25) is 9.69 Å². The van der Waals surface area contributed by atoms with E-state index in [9.17, 15) is 4.79 Å². The number of nitrogens with one attached hydrogen (secondary N) is 2. The topological polar surface area (TPSA) is 56.8 Å². The van der Waals surface area contributed by atoms with Crippen LogP contribution in [0.5, 0.6) is 5.75 Å². The molecule has 0 aromatic heterocycles. The summed E-state index contributed by atoms with van der Waals surface area (Å²) < 4.78 is 5.30. The number of carbonyl (C=O) groups excluding carboxylic acids is 1. The molecule has 1 atom stereocenters. The first-order chi connectivity index (χ1) is 13.7. The normalized spacial score (nSPS) is 18.8. The lowest BCUT2D eigenvalue weighted by Gasteiger charge is -2.32. The van der Waals surface area contributed by atoms with Crippen LogP contribution in [0.15, 0.2) is 48.5 Å². The Bertz CT molecular complexity index is 830. The van der Waals surface area contributed by atoms with Crippen molar-refractivity contribution in [2.45, 2.75) is 12.5 Å². The molecule has 2 aliphatic rings. The van der Waals surface area contributed by atoms with Crippen LogP contribution in [0.25, 0.3) is 0 Å². The van der Waals surface area contributed by atoms with Crippen LogP contribution in [-0.2, 0) is 0 Å². The molecule has 2 aromatic carbocycles. The molecule has 2 fully saturated rings. The van der Waals surface area contributed by atoms with Crippen molar-refractivity contribution in [1.29, 1.82) is 0 Å². The third-order valence-corrected chi connectivity index (χ3v) is 5.62. The Morgan fingerprint density at radius 1 is 1.07 bits per heavy atom. The SMILES string of the molecule is COc1cccc(Nc2ccccc2C(=O)N2CCC(N3CCNCC3)C2)c1.Cl.Cl. The minimum Gasteiger partial charge on any atom is -0.497 e. The summed E-state index contributed by atoms with van der Waals surface area (Å²) in [4.78, 5) is 17.8. The molecule has 0 spiro atoms. The van der Waals surface area contributed by atoms with Gasteiger partial charge in [0, 0.05) is 57.1 Å². The highest BCUT2D eigenvalue weighted by molar-refractivity contribution is 6.00. The molecule has 30 heavy (non-hydrogen) atoms. The van der Waals surface area contributed by atoms with Crippen molar-refractivity contribution >= 4 is 42.1 Å². The lowest BCUT2D eigenvalue weighted by molar-refractivity contribution is 0.0774. The Morgan fingerprint density at radius 3 is 2.60 bits per heavy atom. The van der Waals surface area contributed by atoms with Crippen LogP contribution < -0.4 is 15.4 Å². The monoisotopic (exact) mass is 452 g/mol. The maximum absolute atomic E-state index is 13.2. The van der Waals surface area contributed by atoms with E-state index in [2.05, 4.69) is 15.5 Å². The Morgan fingerprint density at radius 2 is 1.83 bits per heavy atom. The summed E-state index contributed by atoms with van der Waals surface area (Å²) in [5.74, 6) is 0.885. The molecule has 8 heteroatoms. The van der Waals surface area contributed by atoms with Crippen LogP contribution in [0.1, 0.15) is 16.8 Å². The van der Waals surface area contributed by atoms with Crippen molar-refractivity contribution in [3.05, 3.63) is 54.1 Å². The van der Waals surface area contributed by atoms with Crippen molar-refractivity contribution < 1.29 is 9.53 Å². The second kappa shape index (κ2) is 11.4. The van der Waals surface area contributed by atoms with Crippen LogP contribution in [-0.4, -0.2) is 68.1 Å². The van der Waals surface area contributed by atoms with Gasteiger partial charge in [0.05, 0.1) is 18.4 Å². The number of amides is 1. The largest absolute Gasteiger partial charge is 0.497 e. The molecule has 6 nitrogen and oxygen atoms in total. The predicted octanol–water partition coefficient (Wildman–Crippen LogP) is 3.40. The number of halogens is 2. The Hall–Kier alpha value is -1.99. The molecular formula is C22H30Cl2N4O2. The number of rotatable bonds is 5. The Balaban J connectivity index is 0.00000160. The Labute approximate surface area is 190 Å². The molecule has 1 amide bonds. The van der Waals surface area contributed by atoms with Gasteiger partial charge in [-0.25, -0.2) is 0 Å². The zero-order valence-corrected chi connectivity index (χ0v) is 18.8. The maximum Gasteiger partial charge on any atom is 0.256 e. The van der Waals surface area contributed by atoms with Crippen molar-refractivity contribution in [3.63, 3.8) is 0 Å².